The van der Waals surface area contributed by atoms with Gasteiger partial charge >= 0.3 is 0 Å². The number of primary amides is 1. The molecular formula is C10H12N2O3. The van der Waals surface area contributed by atoms with E-state index in [-0.39, 0.29) is 0 Å². The first-order valence-electron chi connectivity index (χ1n) is 4.64. The van der Waals surface area contributed by atoms with Gasteiger partial charge in [-0.3, -0.25) is 4.79 Å². The number of rotatable bonds is 2. The normalized spacial score (nSPS) is 20.6. The Kier molecular flexibility index (Phi) is 2.57. The van der Waals surface area contributed by atoms with Crippen LogP contribution < -0.4 is 10.6 Å². The number of amides is 1. The number of aliphatic hydroxyl groups is 1. The Morgan fingerprint density at radius 3 is 3.00 bits per heavy atom. The molecule has 1 amide bonds. The van der Waals surface area contributed by atoms with E-state index >= 15 is 0 Å². The molecule has 1 aromatic carbocycles. The largest absolute Gasteiger partial charge is 0.366 e. The molecule has 5 nitrogen and oxygen atoms in total. The van der Waals surface area contributed by atoms with Gasteiger partial charge in [-0.25, -0.2) is 0 Å². The maximum atomic E-state index is 11.0. The summed E-state index contributed by atoms with van der Waals surface area (Å²) in [5.41, 5.74) is 6.32. The topological polar surface area (TPSA) is 75.8 Å². The molecule has 1 aromatic rings. The van der Waals surface area contributed by atoms with Gasteiger partial charge in [0.15, 0.2) is 0 Å². The zero-order valence-corrected chi connectivity index (χ0v) is 8.09. The summed E-state index contributed by atoms with van der Waals surface area (Å²) in [5, 5.41) is 9.46. The van der Waals surface area contributed by atoms with E-state index in [1.807, 2.05) is 0 Å². The summed E-state index contributed by atoms with van der Waals surface area (Å²) in [5.74, 6) is -0.480. The number of nitrogens with two attached hydrogens (primary N) is 1. The number of ether oxygens (including phenoxy) is 1. The molecule has 1 atom stereocenters. The van der Waals surface area contributed by atoms with Crippen molar-refractivity contribution in [3.05, 3.63) is 29.8 Å². The summed E-state index contributed by atoms with van der Waals surface area (Å²) in [6.07, 6.45) is -0.937. The number of carbonyl (C=O) groups excluding carboxylic acids is 1. The molecule has 0 aliphatic carbocycles. The molecule has 0 spiro atoms. The van der Waals surface area contributed by atoms with Crippen LogP contribution in [0.2, 0.25) is 0 Å². The second-order valence-electron chi connectivity index (χ2n) is 3.31. The summed E-state index contributed by atoms with van der Waals surface area (Å²) in [6.45, 7) is 1.07. The lowest BCUT2D eigenvalue weighted by Crippen LogP contribution is -2.29. The highest BCUT2D eigenvalue weighted by Crippen LogP contribution is 2.21. The van der Waals surface area contributed by atoms with Crippen molar-refractivity contribution < 1.29 is 14.6 Å². The zero-order chi connectivity index (χ0) is 10.8. The number of anilines is 1. The molecular weight excluding hydrogens is 196 g/mol. The Morgan fingerprint density at radius 2 is 2.40 bits per heavy atom. The van der Waals surface area contributed by atoms with Crippen LogP contribution >= 0.6 is 0 Å². The first-order chi connectivity index (χ1) is 7.18. The molecule has 15 heavy (non-hydrogen) atoms. The SMILES string of the molecule is NC(=O)c1cccc(N2CCOC2O)c1. The summed E-state index contributed by atoms with van der Waals surface area (Å²) in [6, 6.07) is 6.79. The standard InChI is InChI=1S/C10H12N2O3/c11-9(13)7-2-1-3-8(6-7)12-4-5-15-10(12)14/h1-3,6,10,14H,4-5H2,(H2,11,13). The van der Waals surface area contributed by atoms with E-state index in [0.717, 1.165) is 5.69 Å². The fraction of sp³-hybridized carbons (Fsp3) is 0.300. The molecule has 1 aliphatic rings. The van der Waals surface area contributed by atoms with Gasteiger partial charge in [0.1, 0.15) is 0 Å². The molecule has 2 rings (SSSR count). The summed E-state index contributed by atoms with van der Waals surface area (Å²) in [4.78, 5) is 12.6. The summed E-state index contributed by atoms with van der Waals surface area (Å²) < 4.78 is 4.99. The Labute approximate surface area is 87.1 Å². The number of nitrogens with zero attached hydrogens (tertiary/aromatic N) is 1. The predicted molar refractivity (Wildman–Crippen MR) is 54.3 cm³/mol. The van der Waals surface area contributed by atoms with Gasteiger partial charge in [-0.05, 0) is 18.2 Å². The molecule has 80 valence electrons. The maximum Gasteiger partial charge on any atom is 0.248 e. The van der Waals surface area contributed by atoms with Gasteiger partial charge < -0.3 is 20.5 Å². The summed E-state index contributed by atoms with van der Waals surface area (Å²) >= 11 is 0. The molecule has 0 bridgehead atoms. The average Bonchev–Trinajstić information content (AvgIpc) is 2.64. The number of aliphatic hydroxyl groups excluding tert-OH is 1. The van der Waals surface area contributed by atoms with Crippen LogP contribution in [0.25, 0.3) is 0 Å². The minimum atomic E-state index is -0.937. The van der Waals surface area contributed by atoms with E-state index in [0.29, 0.717) is 18.7 Å². The smallest absolute Gasteiger partial charge is 0.248 e. The van der Waals surface area contributed by atoms with Crippen molar-refractivity contribution >= 4 is 11.6 Å². The van der Waals surface area contributed by atoms with Gasteiger partial charge in [0.2, 0.25) is 12.3 Å². The number of hydrogen-bond donors (Lipinski definition) is 2. The molecule has 1 fully saturated rings. The highest BCUT2D eigenvalue weighted by atomic mass is 16.6. The third-order valence-electron chi connectivity index (χ3n) is 2.33. The van der Waals surface area contributed by atoms with Crippen molar-refractivity contribution in [2.75, 3.05) is 18.1 Å². The third kappa shape index (κ3) is 1.93. The Hall–Kier alpha value is -1.59. The van der Waals surface area contributed by atoms with Crippen LogP contribution in [0, 0.1) is 0 Å². The van der Waals surface area contributed by atoms with Gasteiger partial charge in [-0.2, -0.15) is 0 Å². The second-order valence-corrected chi connectivity index (χ2v) is 3.31. The van der Waals surface area contributed by atoms with E-state index in [4.69, 9.17) is 10.5 Å². The van der Waals surface area contributed by atoms with E-state index in [9.17, 15) is 9.90 Å². The molecule has 0 radical (unpaired) electrons. The molecule has 0 saturated carbocycles. The van der Waals surface area contributed by atoms with E-state index in [1.165, 1.54) is 0 Å². The lowest BCUT2D eigenvalue weighted by atomic mass is 10.2. The fourth-order valence-electron chi connectivity index (χ4n) is 1.55. The van der Waals surface area contributed by atoms with Gasteiger partial charge in [0.05, 0.1) is 6.61 Å². The Bertz CT molecular complexity index is 381. The Balaban J connectivity index is 2.28. The van der Waals surface area contributed by atoms with Gasteiger partial charge in [-0.15, -0.1) is 0 Å². The fourth-order valence-corrected chi connectivity index (χ4v) is 1.55. The first-order valence-corrected chi connectivity index (χ1v) is 4.64. The van der Waals surface area contributed by atoms with E-state index < -0.39 is 12.3 Å². The lowest BCUT2D eigenvalue weighted by Gasteiger charge is -2.20. The van der Waals surface area contributed by atoms with Crippen LogP contribution in [0.5, 0.6) is 0 Å². The molecule has 1 aliphatic heterocycles. The van der Waals surface area contributed by atoms with Gasteiger partial charge in [0, 0.05) is 17.8 Å². The molecule has 5 heteroatoms. The van der Waals surface area contributed by atoms with Crippen LogP contribution in [0.1, 0.15) is 10.4 Å². The van der Waals surface area contributed by atoms with Crippen molar-refractivity contribution in [2.24, 2.45) is 5.73 Å². The van der Waals surface area contributed by atoms with Crippen LogP contribution in [-0.2, 0) is 4.74 Å². The molecule has 0 aromatic heterocycles. The first kappa shape index (κ1) is 9.95. The van der Waals surface area contributed by atoms with Gasteiger partial charge in [0.25, 0.3) is 0 Å². The zero-order valence-electron chi connectivity index (χ0n) is 8.09. The number of benzene rings is 1. The number of carbonyl (C=O) groups is 1. The van der Waals surface area contributed by atoms with E-state index in [2.05, 4.69) is 0 Å². The average molecular weight is 208 g/mol. The van der Waals surface area contributed by atoms with Crippen molar-refractivity contribution in [1.82, 2.24) is 0 Å². The minimum Gasteiger partial charge on any atom is -0.366 e. The lowest BCUT2D eigenvalue weighted by molar-refractivity contribution is -0.0573. The van der Waals surface area contributed by atoms with Crippen LogP contribution in [0.3, 0.4) is 0 Å². The van der Waals surface area contributed by atoms with Crippen LogP contribution in [0.4, 0.5) is 5.69 Å². The van der Waals surface area contributed by atoms with Crippen molar-refractivity contribution in [3.8, 4) is 0 Å². The van der Waals surface area contributed by atoms with E-state index in [1.54, 1.807) is 29.2 Å². The predicted octanol–water partition coefficient (Wildman–Crippen LogP) is -0.102. The molecule has 1 saturated heterocycles. The second kappa shape index (κ2) is 3.88. The van der Waals surface area contributed by atoms with Crippen molar-refractivity contribution in [3.63, 3.8) is 0 Å². The van der Waals surface area contributed by atoms with Gasteiger partial charge in [-0.1, -0.05) is 6.07 Å². The van der Waals surface area contributed by atoms with Crippen molar-refractivity contribution in [1.29, 1.82) is 0 Å². The molecule has 1 heterocycles. The Morgan fingerprint density at radius 1 is 1.60 bits per heavy atom. The highest BCUT2D eigenvalue weighted by molar-refractivity contribution is 5.93. The molecule has 3 N–H and O–H groups in total. The number of hydrogen-bond acceptors (Lipinski definition) is 4. The van der Waals surface area contributed by atoms with Crippen LogP contribution in [-0.4, -0.2) is 30.6 Å². The van der Waals surface area contributed by atoms with Crippen LogP contribution in [0.15, 0.2) is 24.3 Å². The monoisotopic (exact) mass is 208 g/mol. The quantitative estimate of drug-likeness (QED) is 0.711. The maximum absolute atomic E-state index is 11.0. The van der Waals surface area contributed by atoms with Crippen molar-refractivity contribution in [2.45, 2.75) is 6.41 Å². The summed E-state index contributed by atoms with van der Waals surface area (Å²) in [7, 11) is 0. The molecule has 1 unspecified atom stereocenters. The highest BCUT2D eigenvalue weighted by Gasteiger charge is 2.23. The minimum absolute atomic E-state index is 0.423. The third-order valence-corrected chi connectivity index (χ3v) is 2.33.